The molecular formula is C7H11ClI2N2. The van der Waals surface area contributed by atoms with Crippen LogP contribution >= 0.6 is 22.9 Å². The number of rotatable bonds is 2. The van der Waals surface area contributed by atoms with Gasteiger partial charge in [-0.15, -0.1) is 0 Å². The van der Waals surface area contributed by atoms with Crippen LogP contribution in [0.2, 0.25) is 0 Å². The van der Waals surface area contributed by atoms with Crippen molar-refractivity contribution in [3.63, 3.8) is 0 Å². The maximum atomic E-state index is 5.00. The zero-order chi connectivity index (χ0) is 9.14. The third-order valence-corrected chi connectivity index (χ3v) is 6.20. The molecule has 0 radical (unpaired) electrons. The van der Waals surface area contributed by atoms with Crippen LogP contribution in [0.5, 0.6) is 0 Å². The summed E-state index contributed by atoms with van der Waals surface area (Å²) in [5.74, 6) is 1.68. The number of hydrogen-bond donors (Lipinski definition) is 0. The number of halogens is 3. The molecule has 0 unspecified atom stereocenters. The third-order valence-electron chi connectivity index (χ3n) is 1.56. The van der Waals surface area contributed by atoms with Crippen molar-refractivity contribution in [2.45, 2.75) is 6.92 Å². The second kappa shape index (κ2) is 4.99. The number of amidine groups is 1. The van der Waals surface area contributed by atoms with E-state index in [0.29, 0.717) is 5.88 Å². The van der Waals surface area contributed by atoms with Crippen molar-refractivity contribution >= 4 is 28.7 Å². The molecular weight excluding hydrogens is 401 g/mol. The van der Waals surface area contributed by atoms with Crippen LogP contribution in [0, 0.1) is 11.6 Å². The van der Waals surface area contributed by atoms with Gasteiger partial charge in [-0.1, -0.05) is 0 Å². The SMILES string of the molecule is C[I-]C1=C(C)CN=C(C[ClH+])N1I. The second-order valence-electron chi connectivity index (χ2n) is 2.42. The fourth-order valence-electron chi connectivity index (χ4n) is 0.956. The van der Waals surface area contributed by atoms with Crippen molar-refractivity contribution in [2.75, 3.05) is 17.4 Å². The number of hydrogen-bond acceptors (Lipinski definition) is 2. The van der Waals surface area contributed by atoms with E-state index < -0.39 is 0 Å². The summed E-state index contributed by atoms with van der Waals surface area (Å²) in [7, 11) is 0. The average molecular weight is 412 g/mol. The van der Waals surface area contributed by atoms with Crippen molar-refractivity contribution in [3.8, 4) is 0 Å². The Kier molecular flexibility index (Phi) is 4.59. The number of alkyl halides is 2. The summed E-state index contributed by atoms with van der Waals surface area (Å²) >= 11 is 7.45. The van der Waals surface area contributed by atoms with Crippen LogP contribution in [0.1, 0.15) is 6.92 Å². The molecule has 1 heterocycles. The average Bonchev–Trinajstić information content (AvgIpc) is 2.06. The van der Waals surface area contributed by atoms with Crippen LogP contribution in [-0.2, 0) is 0 Å². The first kappa shape index (κ1) is 11.0. The molecule has 0 saturated heterocycles. The van der Waals surface area contributed by atoms with Gasteiger partial charge in [0.15, 0.2) is 0 Å². The first-order chi connectivity index (χ1) is 5.70. The molecule has 0 bridgehead atoms. The van der Waals surface area contributed by atoms with Crippen molar-refractivity contribution in [1.82, 2.24) is 3.11 Å². The van der Waals surface area contributed by atoms with Gasteiger partial charge in [0, 0.05) is 0 Å². The third kappa shape index (κ3) is 2.25. The molecule has 0 spiro atoms. The predicted octanol–water partition coefficient (Wildman–Crippen LogP) is -1.72. The maximum absolute atomic E-state index is 5.00. The molecule has 0 amide bonds. The summed E-state index contributed by atoms with van der Waals surface area (Å²) in [5, 5.41) is 0. The van der Waals surface area contributed by atoms with Crippen molar-refractivity contribution in [1.29, 1.82) is 0 Å². The van der Waals surface area contributed by atoms with Gasteiger partial charge in [0.25, 0.3) is 0 Å². The molecule has 1 aliphatic rings. The molecule has 1 aliphatic heterocycles. The van der Waals surface area contributed by atoms with Crippen LogP contribution in [0.25, 0.3) is 0 Å². The Morgan fingerprint density at radius 2 is 2.42 bits per heavy atom. The molecule has 1 rings (SSSR count). The van der Waals surface area contributed by atoms with Crippen molar-refractivity contribution < 1.29 is 32.8 Å². The van der Waals surface area contributed by atoms with Gasteiger partial charge >= 0.3 is 103 Å². The van der Waals surface area contributed by atoms with E-state index in [1.165, 1.54) is 9.28 Å². The summed E-state index contributed by atoms with van der Waals surface area (Å²) in [6.07, 6.45) is 0. The zero-order valence-corrected chi connectivity index (χ0v) is 12.1. The van der Waals surface area contributed by atoms with E-state index in [1.807, 2.05) is 0 Å². The fraction of sp³-hybridized carbons (Fsp3) is 0.571. The first-order valence-electron chi connectivity index (χ1n) is 3.47. The van der Waals surface area contributed by atoms with Crippen LogP contribution in [0.4, 0.5) is 0 Å². The standard InChI is InChI=1S/C7H11ClI2N2/c1-5-4-11-6(3-8)12(9)7(5)10-2/h8H,3-4H2,1-2H3. The molecule has 0 aromatic heterocycles. The van der Waals surface area contributed by atoms with Gasteiger partial charge in [0.2, 0.25) is 0 Å². The Morgan fingerprint density at radius 1 is 1.75 bits per heavy atom. The van der Waals surface area contributed by atoms with Crippen LogP contribution in [0.3, 0.4) is 0 Å². The van der Waals surface area contributed by atoms with Crippen LogP contribution in [-0.4, -0.2) is 26.3 Å². The fourth-order valence-corrected chi connectivity index (χ4v) is 5.16. The number of nitrogens with zero attached hydrogens (tertiary/aromatic N) is 2. The summed E-state index contributed by atoms with van der Waals surface area (Å²) in [6.45, 7) is 3.02. The summed E-state index contributed by atoms with van der Waals surface area (Å²) < 4.78 is 3.63. The normalized spacial score (nSPS) is 18.7. The van der Waals surface area contributed by atoms with Gasteiger partial charge in [0.05, 0.1) is 0 Å². The molecule has 0 saturated carbocycles. The molecule has 70 valence electrons. The summed E-state index contributed by atoms with van der Waals surface area (Å²) in [5.41, 5.74) is 1.41. The van der Waals surface area contributed by atoms with E-state index in [4.69, 9.17) is 11.6 Å². The second-order valence-corrected chi connectivity index (χ2v) is 5.77. The molecule has 0 N–H and O–H groups in total. The van der Waals surface area contributed by atoms with Gasteiger partial charge in [-0.05, 0) is 0 Å². The van der Waals surface area contributed by atoms with E-state index in [9.17, 15) is 0 Å². The minimum atomic E-state index is 0.143. The summed E-state index contributed by atoms with van der Waals surface area (Å²) in [6, 6.07) is 0. The molecule has 0 aliphatic carbocycles. The van der Waals surface area contributed by atoms with E-state index in [0.717, 1.165) is 12.4 Å². The molecule has 0 fully saturated rings. The molecule has 12 heavy (non-hydrogen) atoms. The Balaban J connectivity index is 2.84. The van der Waals surface area contributed by atoms with E-state index in [-0.39, 0.29) is 21.2 Å². The van der Waals surface area contributed by atoms with Gasteiger partial charge in [0.1, 0.15) is 0 Å². The Morgan fingerprint density at radius 3 is 2.92 bits per heavy atom. The van der Waals surface area contributed by atoms with Crippen LogP contribution < -0.4 is 21.2 Å². The molecule has 0 aromatic rings. The Bertz CT molecular complexity index is 238. The Labute approximate surface area is 102 Å². The van der Waals surface area contributed by atoms with Gasteiger partial charge in [-0.3, -0.25) is 0 Å². The van der Waals surface area contributed by atoms with Gasteiger partial charge in [-0.2, -0.15) is 0 Å². The van der Waals surface area contributed by atoms with Gasteiger partial charge in [-0.25, -0.2) is 0 Å². The van der Waals surface area contributed by atoms with Gasteiger partial charge < -0.3 is 0 Å². The Hall–Kier alpha value is 0.960. The van der Waals surface area contributed by atoms with Crippen molar-refractivity contribution in [2.24, 2.45) is 4.99 Å². The zero-order valence-electron chi connectivity index (χ0n) is 6.97. The predicted molar refractivity (Wildman–Crippen MR) is 53.0 cm³/mol. The molecule has 0 aromatic carbocycles. The van der Waals surface area contributed by atoms with Crippen molar-refractivity contribution in [3.05, 3.63) is 9.28 Å². The summed E-state index contributed by atoms with van der Waals surface area (Å²) in [4.78, 5) is 6.67. The van der Waals surface area contributed by atoms with E-state index >= 15 is 0 Å². The monoisotopic (exact) mass is 412 g/mol. The first-order valence-corrected chi connectivity index (χ1v) is 8.25. The van der Waals surface area contributed by atoms with E-state index in [1.54, 1.807) is 0 Å². The van der Waals surface area contributed by atoms with E-state index in [2.05, 4.69) is 42.8 Å². The molecule has 0 atom stereocenters. The quantitative estimate of drug-likeness (QED) is 0.228. The number of aliphatic imine (C=N–C) groups is 1. The minimum absolute atomic E-state index is 0.143. The topological polar surface area (TPSA) is 15.6 Å². The molecule has 2 nitrogen and oxygen atoms in total. The molecule has 5 heteroatoms. The van der Waals surface area contributed by atoms with Crippen LogP contribution in [0.15, 0.2) is 14.3 Å².